The fourth-order valence-corrected chi connectivity index (χ4v) is 4.24. The van der Waals surface area contributed by atoms with Crippen LogP contribution in [-0.2, 0) is 11.4 Å². The van der Waals surface area contributed by atoms with E-state index in [1.54, 1.807) is 25.3 Å². The number of methoxy groups -OCH3 is 1. The Morgan fingerprint density at radius 3 is 2.58 bits per heavy atom. The highest BCUT2D eigenvalue weighted by molar-refractivity contribution is 9.11. The summed E-state index contributed by atoms with van der Waals surface area (Å²) in [6.45, 7) is 4.25. The van der Waals surface area contributed by atoms with Crippen molar-refractivity contribution >= 4 is 49.5 Å². The Labute approximate surface area is 210 Å². The molecule has 0 saturated carbocycles. The highest BCUT2D eigenvalue weighted by Gasteiger charge is 2.13. The van der Waals surface area contributed by atoms with Gasteiger partial charge in [-0.25, -0.2) is 0 Å². The van der Waals surface area contributed by atoms with Gasteiger partial charge in [0.2, 0.25) is 0 Å². The summed E-state index contributed by atoms with van der Waals surface area (Å²) in [6.07, 6.45) is 1.53. The van der Waals surface area contributed by atoms with Crippen LogP contribution in [-0.4, -0.2) is 13.0 Å². The number of nitriles is 1. The number of ether oxygens (including phenoxy) is 2. The van der Waals surface area contributed by atoms with E-state index in [1.807, 2.05) is 56.3 Å². The zero-order valence-corrected chi connectivity index (χ0v) is 21.6. The number of rotatable bonds is 7. The molecule has 0 heterocycles. The van der Waals surface area contributed by atoms with Crippen molar-refractivity contribution in [2.24, 2.45) is 0 Å². The van der Waals surface area contributed by atoms with Crippen LogP contribution in [0.15, 0.2) is 69.1 Å². The zero-order chi connectivity index (χ0) is 24.0. The number of aryl methyl sites for hydroxylation is 1. The molecule has 0 unspecified atom stereocenters. The predicted octanol–water partition coefficient (Wildman–Crippen LogP) is 6.96. The van der Waals surface area contributed by atoms with E-state index >= 15 is 0 Å². The molecule has 168 valence electrons. The summed E-state index contributed by atoms with van der Waals surface area (Å²) in [5.41, 5.74) is 4.33. The van der Waals surface area contributed by atoms with Crippen molar-refractivity contribution in [2.45, 2.75) is 20.5 Å². The molecule has 1 N–H and O–H groups in total. The second kappa shape index (κ2) is 11.2. The summed E-state index contributed by atoms with van der Waals surface area (Å²) >= 11 is 6.97. The lowest BCUT2D eigenvalue weighted by Crippen LogP contribution is -2.14. The van der Waals surface area contributed by atoms with E-state index in [0.29, 0.717) is 29.4 Å². The first kappa shape index (κ1) is 24.6. The molecule has 0 radical (unpaired) electrons. The Hall–Kier alpha value is -3.08. The Morgan fingerprint density at radius 1 is 1.09 bits per heavy atom. The first-order valence-electron chi connectivity index (χ1n) is 10.1. The van der Waals surface area contributed by atoms with Gasteiger partial charge in [0, 0.05) is 20.2 Å². The van der Waals surface area contributed by atoms with Gasteiger partial charge in [0.1, 0.15) is 18.2 Å². The number of amides is 1. The van der Waals surface area contributed by atoms with Gasteiger partial charge in [-0.15, -0.1) is 0 Å². The zero-order valence-electron chi connectivity index (χ0n) is 18.4. The Kier molecular flexibility index (Phi) is 8.32. The molecule has 3 aromatic rings. The van der Waals surface area contributed by atoms with Gasteiger partial charge in [0.05, 0.1) is 7.11 Å². The molecule has 5 nitrogen and oxygen atoms in total. The van der Waals surface area contributed by atoms with Gasteiger partial charge < -0.3 is 14.8 Å². The molecule has 0 atom stereocenters. The molecule has 0 aliphatic carbocycles. The fourth-order valence-electron chi connectivity index (χ4n) is 3.08. The summed E-state index contributed by atoms with van der Waals surface area (Å²) in [5, 5.41) is 12.4. The van der Waals surface area contributed by atoms with Crippen LogP contribution in [0.3, 0.4) is 0 Å². The Balaban J connectivity index is 1.78. The van der Waals surface area contributed by atoms with E-state index in [4.69, 9.17) is 9.47 Å². The lowest BCUT2D eigenvalue weighted by Gasteiger charge is -2.13. The minimum atomic E-state index is -0.467. The van der Waals surface area contributed by atoms with Crippen LogP contribution in [0.1, 0.15) is 22.3 Å². The molecule has 0 fully saturated rings. The van der Waals surface area contributed by atoms with Crippen LogP contribution in [0.5, 0.6) is 11.5 Å². The van der Waals surface area contributed by atoms with Gasteiger partial charge >= 0.3 is 0 Å². The molecule has 1 amide bonds. The number of hydrogen-bond acceptors (Lipinski definition) is 4. The summed E-state index contributed by atoms with van der Waals surface area (Å²) in [5.74, 6) is 0.595. The maximum atomic E-state index is 12.7. The number of nitrogens with one attached hydrogen (secondary N) is 1. The molecular weight excluding hydrogens is 548 g/mol. The Bertz CT molecular complexity index is 1260. The van der Waals surface area contributed by atoms with Crippen molar-refractivity contribution in [1.29, 1.82) is 5.26 Å². The van der Waals surface area contributed by atoms with Gasteiger partial charge in [-0.05, 0) is 66.9 Å². The molecule has 0 saturated heterocycles. The first-order valence-corrected chi connectivity index (χ1v) is 11.6. The van der Waals surface area contributed by atoms with Gasteiger partial charge in [0.15, 0.2) is 11.5 Å². The third-order valence-corrected chi connectivity index (χ3v) is 6.35. The second-order valence-electron chi connectivity index (χ2n) is 7.31. The topological polar surface area (TPSA) is 71.3 Å². The lowest BCUT2D eigenvalue weighted by atomic mass is 10.1. The largest absolute Gasteiger partial charge is 0.493 e. The van der Waals surface area contributed by atoms with Gasteiger partial charge in [-0.1, -0.05) is 56.1 Å². The van der Waals surface area contributed by atoms with Crippen molar-refractivity contribution in [1.82, 2.24) is 0 Å². The van der Waals surface area contributed by atoms with E-state index in [9.17, 15) is 10.1 Å². The molecule has 3 rings (SSSR count). The minimum absolute atomic E-state index is 0.00887. The monoisotopic (exact) mass is 568 g/mol. The van der Waals surface area contributed by atoms with E-state index in [1.165, 1.54) is 6.08 Å². The number of hydrogen-bond donors (Lipinski definition) is 1. The van der Waals surface area contributed by atoms with Crippen LogP contribution < -0.4 is 14.8 Å². The number of carbonyl (C=O) groups excluding carboxylic acids is 1. The maximum absolute atomic E-state index is 12.7. The number of halogens is 2. The number of anilines is 1. The van der Waals surface area contributed by atoms with Crippen molar-refractivity contribution in [3.8, 4) is 17.6 Å². The van der Waals surface area contributed by atoms with Crippen LogP contribution in [0.2, 0.25) is 0 Å². The number of carbonyl (C=O) groups is 1. The van der Waals surface area contributed by atoms with E-state index in [-0.39, 0.29) is 5.57 Å². The van der Waals surface area contributed by atoms with Gasteiger partial charge in [-0.3, -0.25) is 4.79 Å². The highest BCUT2D eigenvalue weighted by Crippen LogP contribution is 2.31. The molecule has 0 spiro atoms. The van der Waals surface area contributed by atoms with E-state index in [0.717, 1.165) is 25.6 Å². The lowest BCUT2D eigenvalue weighted by molar-refractivity contribution is -0.112. The SMILES string of the molecule is COc1cc(/C=C(/C#N)C(=O)Nc2cccc(C)c2C)ccc1OCc1ccc(Br)cc1Br. The smallest absolute Gasteiger partial charge is 0.266 e. The molecule has 0 aliphatic rings. The summed E-state index contributed by atoms with van der Waals surface area (Å²) in [6, 6.07) is 18.8. The normalized spacial score (nSPS) is 11.0. The maximum Gasteiger partial charge on any atom is 0.266 e. The summed E-state index contributed by atoms with van der Waals surface area (Å²) in [4.78, 5) is 12.7. The quantitative estimate of drug-likeness (QED) is 0.246. The van der Waals surface area contributed by atoms with E-state index < -0.39 is 5.91 Å². The van der Waals surface area contributed by atoms with Gasteiger partial charge in [0.25, 0.3) is 5.91 Å². The predicted molar refractivity (Wildman–Crippen MR) is 137 cm³/mol. The van der Waals surface area contributed by atoms with Crippen LogP contribution in [0.25, 0.3) is 6.08 Å². The molecule has 3 aromatic carbocycles. The molecule has 7 heteroatoms. The average Bonchev–Trinajstić information content (AvgIpc) is 2.80. The average molecular weight is 570 g/mol. The molecular formula is C26H22Br2N2O3. The standard InChI is InChI=1S/C26H22Br2N2O3/c1-16-5-4-6-23(17(16)2)30-26(31)20(14-29)11-18-7-10-24(25(12-18)32-3)33-15-19-8-9-21(27)13-22(19)28/h4-13H,15H2,1-3H3,(H,30,31)/b20-11-. The Morgan fingerprint density at radius 2 is 1.88 bits per heavy atom. The van der Waals surface area contributed by atoms with Crippen LogP contribution in [0.4, 0.5) is 5.69 Å². The van der Waals surface area contributed by atoms with Gasteiger partial charge in [-0.2, -0.15) is 5.26 Å². The molecule has 0 aliphatic heterocycles. The van der Waals surface area contributed by atoms with Crippen LogP contribution in [0, 0.1) is 25.2 Å². The minimum Gasteiger partial charge on any atom is -0.493 e. The molecule has 0 bridgehead atoms. The molecule has 0 aromatic heterocycles. The van der Waals surface area contributed by atoms with E-state index in [2.05, 4.69) is 37.2 Å². The van der Waals surface area contributed by atoms with Crippen molar-refractivity contribution in [2.75, 3.05) is 12.4 Å². The van der Waals surface area contributed by atoms with Crippen molar-refractivity contribution in [3.05, 3.63) is 91.4 Å². The first-order chi connectivity index (χ1) is 15.8. The number of benzene rings is 3. The highest BCUT2D eigenvalue weighted by atomic mass is 79.9. The van der Waals surface area contributed by atoms with Crippen molar-refractivity contribution < 1.29 is 14.3 Å². The van der Waals surface area contributed by atoms with Crippen molar-refractivity contribution in [3.63, 3.8) is 0 Å². The third kappa shape index (κ3) is 6.25. The fraction of sp³-hybridized carbons (Fsp3) is 0.154. The summed E-state index contributed by atoms with van der Waals surface area (Å²) < 4.78 is 13.3. The third-order valence-electron chi connectivity index (χ3n) is 5.11. The number of nitrogens with zero attached hydrogens (tertiary/aromatic N) is 1. The molecule has 33 heavy (non-hydrogen) atoms. The summed E-state index contributed by atoms with van der Waals surface area (Å²) in [7, 11) is 1.55. The van der Waals surface area contributed by atoms with Crippen LogP contribution >= 0.6 is 31.9 Å². The second-order valence-corrected chi connectivity index (χ2v) is 9.08.